The molecule has 24 heavy (non-hydrogen) atoms. The summed E-state index contributed by atoms with van der Waals surface area (Å²) in [5.41, 5.74) is 1.17. The van der Waals surface area contributed by atoms with Gasteiger partial charge in [0.1, 0.15) is 0 Å². The number of benzene rings is 2. The van der Waals surface area contributed by atoms with Crippen LogP contribution in [0.4, 0.5) is 0 Å². The molecule has 0 saturated carbocycles. The van der Waals surface area contributed by atoms with Gasteiger partial charge in [-0.3, -0.25) is 0 Å². The molecule has 2 aromatic carbocycles. The Kier molecular flexibility index (Phi) is 6.80. The summed E-state index contributed by atoms with van der Waals surface area (Å²) < 4.78 is 26.9. The summed E-state index contributed by atoms with van der Waals surface area (Å²) in [6.45, 7) is 2.01. The van der Waals surface area contributed by atoms with Crippen LogP contribution < -0.4 is 0 Å². The minimum atomic E-state index is -3.65. The van der Waals surface area contributed by atoms with E-state index in [2.05, 4.69) is 0 Å². The van der Waals surface area contributed by atoms with Gasteiger partial charge in [0.05, 0.1) is 11.0 Å². The van der Waals surface area contributed by atoms with Crippen molar-refractivity contribution in [1.82, 2.24) is 4.31 Å². The maximum absolute atomic E-state index is 12.8. The van der Waals surface area contributed by atoms with E-state index in [1.54, 1.807) is 19.1 Å². The second-order valence-electron chi connectivity index (χ2n) is 5.76. The summed E-state index contributed by atoms with van der Waals surface area (Å²) >= 11 is 5.83. The number of sulfonamides is 1. The van der Waals surface area contributed by atoms with Gasteiger partial charge in [0.15, 0.2) is 0 Å². The summed E-state index contributed by atoms with van der Waals surface area (Å²) in [7, 11) is -3.65. The maximum atomic E-state index is 12.8. The number of rotatable bonds is 8. The summed E-state index contributed by atoms with van der Waals surface area (Å²) in [5.74, 6) is 0. The molecule has 0 heterocycles. The van der Waals surface area contributed by atoms with Crippen LogP contribution in [-0.4, -0.2) is 37.0 Å². The molecule has 0 unspecified atom stereocenters. The van der Waals surface area contributed by atoms with Crippen molar-refractivity contribution in [2.75, 3.05) is 13.1 Å². The van der Waals surface area contributed by atoms with Crippen LogP contribution in [0.25, 0.3) is 0 Å². The van der Waals surface area contributed by atoms with Crippen molar-refractivity contribution in [3.8, 4) is 0 Å². The third kappa shape index (κ3) is 5.31. The first kappa shape index (κ1) is 18.9. The lowest BCUT2D eigenvalue weighted by Crippen LogP contribution is -2.37. The molecule has 0 radical (unpaired) electrons. The molecule has 130 valence electrons. The Morgan fingerprint density at radius 1 is 1.08 bits per heavy atom. The molecule has 0 aromatic heterocycles. The zero-order valence-corrected chi connectivity index (χ0v) is 15.2. The lowest BCUT2D eigenvalue weighted by atomic mass is 10.1. The molecular formula is C18H22ClNO3S. The van der Waals surface area contributed by atoms with Crippen molar-refractivity contribution in [1.29, 1.82) is 0 Å². The fraction of sp³-hybridized carbons (Fsp3) is 0.333. The predicted octanol–water partition coefficient (Wildman–Crippen LogP) is 3.34. The highest BCUT2D eigenvalue weighted by Crippen LogP contribution is 2.19. The fourth-order valence-corrected chi connectivity index (χ4v) is 4.15. The van der Waals surface area contributed by atoms with E-state index in [9.17, 15) is 13.5 Å². The Morgan fingerprint density at radius 2 is 1.71 bits per heavy atom. The van der Waals surface area contributed by atoms with Crippen LogP contribution in [0.15, 0.2) is 59.5 Å². The van der Waals surface area contributed by atoms with Gasteiger partial charge >= 0.3 is 0 Å². The molecule has 1 N–H and O–H groups in total. The molecule has 0 aliphatic rings. The smallest absolute Gasteiger partial charge is 0.243 e. The average molecular weight is 368 g/mol. The van der Waals surface area contributed by atoms with Gasteiger partial charge in [0, 0.05) is 18.1 Å². The van der Waals surface area contributed by atoms with E-state index in [-0.39, 0.29) is 11.4 Å². The fourth-order valence-electron chi connectivity index (χ4n) is 2.46. The first-order valence-electron chi connectivity index (χ1n) is 7.87. The second kappa shape index (κ2) is 8.62. The average Bonchev–Trinajstić information content (AvgIpc) is 2.55. The molecule has 0 fully saturated rings. The van der Waals surface area contributed by atoms with Crippen LogP contribution in [0.5, 0.6) is 0 Å². The molecule has 0 aliphatic carbocycles. The van der Waals surface area contributed by atoms with Gasteiger partial charge in [-0.15, -0.1) is 0 Å². The van der Waals surface area contributed by atoms with E-state index in [4.69, 9.17) is 11.6 Å². The van der Waals surface area contributed by atoms with Crippen molar-refractivity contribution >= 4 is 21.6 Å². The van der Waals surface area contributed by atoms with Gasteiger partial charge < -0.3 is 5.11 Å². The molecule has 0 saturated heterocycles. The number of hydrogen-bond acceptors (Lipinski definition) is 3. The van der Waals surface area contributed by atoms with Crippen LogP contribution in [0.1, 0.15) is 18.9 Å². The van der Waals surface area contributed by atoms with Crippen LogP contribution in [0.2, 0.25) is 5.02 Å². The van der Waals surface area contributed by atoms with E-state index in [1.807, 2.05) is 30.3 Å². The largest absolute Gasteiger partial charge is 0.392 e. The van der Waals surface area contributed by atoms with E-state index >= 15 is 0 Å². The van der Waals surface area contributed by atoms with Gasteiger partial charge in [-0.1, -0.05) is 41.9 Å². The van der Waals surface area contributed by atoms with Crippen LogP contribution >= 0.6 is 11.6 Å². The van der Waals surface area contributed by atoms with Crippen molar-refractivity contribution in [2.24, 2.45) is 0 Å². The highest BCUT2D eigenvalue weighted by Gasteiger charge is 2.25. The number of aliphatic hydroxyl groups excluding tert-OH is 1. The lowest BCUT2D eigenvalue weighted by Gasteiger charge is -2.23. The number of aryl methyl sites for hydroxylation is 1. The SMILES string of the molecule is C[C@H](O)CN(CCCc1ccccc1)S(=O)(=O)c1ccc(Cl)cc1. The third-order valence-corrected chi connectivity index (χ3v) is 5.77. The Balaban J connectivity index is 2.10. The Labute approximate surface area is 148 Å². The molecule has 0 amide bonds. The van der Waals surface area contributed by atoms with Crippen molar-refractivity contribution in [2.45, 2.75) is 30.8 Å². The van der Waals surface area contributed by atoms with Gasteiger partial charge in [-0.2, -0.15) is 4.31 Å². The summed E-state index contributed by atoms with van der Waals surface area (Å²) in [6.07, 6.45) is 0.736. The van der Waals surface area contributed by atoms with E-state index in [0.717, 1.165) is 6.42 Å². The van der Waals surface area contributed by atoms with Gasteiger partial charge in [0.25, 0.3) is 0 Å². The summed E-state index contributed by atoms with van der Waals surface area (Å²) in [4.78, 5) is 0.187. The monoisotopic (exact) mass is 367 g/mol. The lowest BCUT2D eigenvalue weighted by molar-refractivity contribution is 0.162. The molecular weight excluding hydrogens is 346 g/mol. The van der Waals surface area contributed by atoms with Gasteiger partial charge in [-0.25, -0.2) is 8.42 Å². The first-order valence-corrected chi connectivity index (χ1v) is 9.69. The van der Waals surface area contributed by atoms with E-state index in [1.165, 1.54) is 22.0 Å². The van der Waals surface area contributed by atoms with E-state index in [0.29, 0.717) is 18.0 Å². The Bertz CT molecular complexity index is 731. The zero-order chi connectivity index (χ0) is 17.6. The molecule has 2 rings (SSSR count). The number of aliphatic hydroxyl groups is 1. The minimum Gasteiger partial charge on any atom is -0.392 e. The number of hydrogen-bond donors (Lipinski definition) is 1. The molecule has 4 nitrogen and oxygen atoms in total. The molecule has 2 aromatic rings. The molecule has 0 spiro atoms. The quantitative estimate of drug-likeness (QED) is 0.778. The standard InChI is InChI=1S/C18H22ClNO3S/c1-15(21)14-20(13-5-8-16-6-3-2-4-7-16)24(22,23)18-11-9-17(19)10-12-18/h2-4,6-7,9-12,15,21H,5,8,13-14H2,1H3/t15-/m0/s1. The predicted molar refractivity (Wildman–Crippen MR) is 96.7 cm³/mol. The Morgan fingerprint density at radius 3 is 2.29 bits per heavy atom. The highest BCUT2D eigenvalue weighted by atomic mass is 35.5. The van der Waals surface area contributed by atoms with Crippen LogP contribution in [0.3, 0.4) is 0 Å². The third-order valence-electron chi connectivity index (χ3n) is 3.64. The van der Waals surface area contributed by atoms with Crippen molar-refractivity contribution in [3.63, 3.8) is 0 Å². The molecule has 1 atom stereocenters. The highest BCUT2D eigenvalue weighted by molar-refractivity contribution is 7.89. The zero-order valence-electron chi connectivity index (χ0n) is 13.6. The van der Waals surface area contributed by atoms with Crippen LogP contribution in [0, 0.1) is 0 Å². The first-order chi connectivity index (χ1) is 11.4. The Hall–Kier alpha value is -1.40. The van der Waals surface area contributed by atoms with Gasteiger partial charge in [-0.05, 0) is 49.6 Å². The molecule has 0 aliphatic heterocycles. The van der Waals surface area contributed by atoms with Crippen LogP contribution in [-0.2, 0) is 16.4 Å². The normalized spacial score (nSPS) is 13.2. The van der Waals surface area contributed by atoms with E-state index < -0.39 is 16.1 Å². The number of halogens is 1. The minimum absolute atomic E-state index is 0.0692. The van der Waals surface area contributed by atoms with Gasteiger partial charge in [0.2, 0.25) is 10.0 Å². The topological polar surface area (TPSA) is 57.6 Å². The summed E-state index contributed by atoms with van der Waals surface area (Å²) in [6, 6.07) is 16.0. The van der Waals surface area contributed by atoms with Crippen molar-refractivity contribution < 1.29 is 13.5 Å². The maximum Gasteiger partial charge on any atom is 0.243 e. The summed E-state index contributed by atoms with van der Waals surface area (Å²) in [5, 5.41) is 10.2. The molecule has 6 heteroatoms. The number of nitrogens with zero attached hydrogens (tertiary/aromatic N) is 1. The molecule has 0 bridgehead atoms. The van der Waals surface area contributed by atoms with Crippen molar-refractivity contribution in [3.05, 3.63) is 65.2 Å². The second-order valence-corrected chi connectivity index (χ2v) is 8.13.